The van der Waals surface area contributed by atoms with E-state index in [0.29, 0.717) is 12.2 Å². The lowest BCUT2D eigenvalue weighted by molar-refractivity contribution is -0.147. The molecule has 0 spiro atoms. The van der Waals surface area contributed by atoms with Crippen LogP contribution in [0, 0.1) is 0 Å². The maximum Gasteiger partial charge on any atom is 0.408 e. The highest BCUT2D eigenvalue weighted by atomic mass is 32.2. The number of hydrogen-bond acceptors (Lipinski definition) is 6. The Balaban J connectivity index is 2.22. The van der Waals surface area contributed by atoms with Crippen LogP contribution in [0.15, 0.2) is 30.5 Å². The molecule has 1 heterocycles. The van der Waals surface area contributed by atoms with Gasteiger partial charge in [-0.25, -0.2) is 9.59 Å². The second kappa shape index (κ2) is 12.0. The molecule has 33 heavy (non-hydrogen) atoms. The van der Waals surface area contributed by atoms with E-state index in [4.69, 9.17) is 9.47 Å². The third-order valence-electron chi connectivity index (χ3n) is 4.91. The summed E-state index contributed by atoms with van der Waals surface area (Å²) in [7, 11) is 1.94. The molecule has 0 radical (unpaired) electrons. The SMILES string of the molecule is CCOC(=O)[C@@H](Cc1cn(C)c2ccccc12)NC(=O)[C@H](CCSC)NC(=O)OC(C)(C)C. The summed E-state index contributed by atoms with van der Waals surface area (Å²) in [5.41, 5.74) is 1.27. The molecule has 0 aliphatic heterocycles. The number of fused-ring (bicyclic) bond motifs is 1. The fourth-order valence-corrected chi connectivity index (χ4v) is 3.94. The zero-order chi connectivity index (χ0) is 24.6. The quantitative estimate of drug-likeness (QED) is 0.509. The minimum atomic E-state index is -0.888. The summed E-state index contributed by atoms with van der Waals surface area (Å²) >= 11 is 1.56. The lowest BCUT2D eigenvalue weighted by Gasteiger charge is -2.25. The second-order valence-corrected chi connectivity index (χ2v) is 9.77. The Morgan fingerprint density at radius 1 is 1.12 bits per heavy atom. The maximum atomic E-state index is 13.1. The Morgan fingerprint density at radius 3 is 2.45 bits per heavy atom. The number of hydrogen-bond donors (Lipinski definition) is 2. The van der Waals surface area contributed by atoms with Crippen molar-refractivity contribution in [3.05, 3.63) is 36.0 Å². The van der Waals surface area contributed by atoms with E-state index in [0.717, 1.165) is 16.5 Å². The molecule has 0 saturated carbocycles. The smallest absolute Gasteiger partial charge is 0.408 e. The molecule has 2 rings (SSSR count). The van der Waals surface area contributed by atoms with E-state index in [9.17, 15) is 14.4 Å². The van der Waals surface area contributed by atoms with Gasteiger partial charge in [0, 0.05) is 30.6 Å². The number of alkyl carbamates (subject to hydrolysis) is 1. The number of amides is 2. The average molecular weight is 478 g/mol. The van der Waals surface area contributed by atoms with Crippen LogP contribution < -0.4 is 10.6 Å². The Kier molecular flexibility index (Phi) is 9.64. The van der Waals surface area contributed by atoms with Gasteiger partial charge in [-0.05, 0) is 57.8 Å². The van der Waals surface area contributed by atoms with Gasteiger partial charge < -0.3 is 24.7 Å². The Labute approximate surface area is 199 Å². The van der Waals surface area contributed by atoms with Gasteiger partial charge in [-0.3, -0.25) is 4.79 Å². The molecule has 2 N–H and O–H groups in total. The summed E-state index contributed by atoms with van der Waals surface area (Å²) in [6, 6.07) is 6.15. The van der Waals surface area contributed by atoms with Gasteiger partial charge in [-0.2, -0.15) is 11.8 Å². The number of benzene rings is 1. The van der Waals surface area contributed by atoms with Crippen LogP contribution in [0.1, 0.15) is 39.7 Å². The van der Waals surface area contributed by atoms with Crippen LogP contribution in [-0.4, -0.2) is 58.8 Å². The molecule has 182 valence electrons. The first kappa shape index (κ1) is 26.6. The van der Waals surface area contributed by atoms with E-state index >= 15 is 0 Å². The minimum absolute atomic E-state index is 0.201. The molecule has 0 fully saturated rings. The molecule has 0 unspecified atom stereocenters. The van der Waals surface area contributed by atoms with Gasteiger partial charge in [0.1, 0.15) is 17.7 Å². The van der Waals surface area contributed by atoms with Crippen molar-refractivity contribution in [3.8, 4) is 0 Å². The van der Waals surface area contributed by atoms with Gasteiger partial charge in [-0.15, -0.1) is 0 Å². The highest BCUT2D eigenvalue weighted by molar-refractivity contribution is 7.98. The van der Waals surface area contributed by atoms with Gasteiger partial charge in [0.25, 0.3) is 0 Å². The Bertz CT molecular complexity index is 967. The standard InChI is InChI=1S/C24H35N3O5S/c1-7-31-22(29)19(14-16-15-27(5)20-11-9-8-10-17(16)20)25-21(28)18(12-13-33-6)26-23(30)32-24(2,3)4/h8-11,15,18-19H,7,12-14H2,1-6H3,(H,25,28)(H,26,30)/t18-,19+/m0/s1. The third kappa shape index (κ3) is 7.99. The number of thioether (sulfide) groups is 1. The fraction of sp³-hybridized carbons (Fsp3) is 0.542. The molecule has 8 nitrogen and oxygen atoms in total. The summed E-state index contributed by atoms with van der Waals surface area (Å²) in [5, 5.41) is 6.45. The number of nitrogens with zero attached hydrogens (tertiary/aromatic N) is 1. The third-order valence-corrected chi connectivity index (χ3v) is 5.55. The zero-order valence-corrected chi connectivity index (χ0v) is 21.1. The van der Waals surface area contributed by atoms with Crippen molar-refractivity contribution in [2.24, 2.45) is 7.05 Å². The highest BCUT2D eigenvalue weighted by Crippen LogP contribution is 2.22. The van der Waals surface area contributed by atoms with Crippen molar-refractivity contribution in [3.63, 3.8) is 0 Å². The average Bonchev–Trinajstić information content (AvgIpc) is 3.05. The second-order valence-electron chi connectivity index (χ2n) is 8.78. The largest absolute Gasteiger partial charge is 0.464 e. The van der Waals surface area contributed by atoms with Crippen LogP contribution in [0.5, 0.6) is 0 Å². The molecular weight excluding hydrogens is 442 g/mol. The van der Waals surface area contributed by atoms with Crippen LogP contribution in [0.3, 0.4) is 0 Å². The Hall–Kier alpha value is -2.68. The van der Waals surface area contributed by atoms with Crippen LogP contribution in [0.25, 0.3) is 10.9 Å². The van der Waals surface area contributed by atoms with Crippen molar-refractivity contribution < 1.29 is 23.9 Å². The van der Waals surface area contributed by atoms with Crippen LogP contribution in [-0.2, 0) is 32.5 Å². The van der Waals surface area contributed by atoms with Crippen LogP contribution in [0.4, 0.5) is 4.79 Å². The first-order valence-corrected chi connectivity index (χ1v) is 12.4. The van der Waals surface area contributed by atoms with E-state index in [2.05, 4.69) is 10.6 Å². The number of carbonyl (C=O) groups excluding carboxylic acids is 3. The summed E-state index contributed by atoms with van der Waals surface area (Å²) in [6.07, 6.45) is 3.87. The fourth-order valence-electron chi connectivity index (χ4n) is 3.47. The summed E-state index contributed by atoms with van der Waals surface area (Å²) < 4.78 is 12.5. The van der Waals surface area contributed by atoms with Crippen molar-refractivity contribution >= 4 is 40.6 Å². The van der Waals surface area contributed by atoms with Crippen molar-refractivity contribution in [2.75, 3.05) is 18.6 Å². The molecule has 0 aliphatic rings. The van der Waals surface area contributed by atoms with E-state index in [1.807, 2.05) is 48.3 Å². The predicted octanol–water partition coefficient (Wildman–Crippen LogP) is 3.42. The number of esters is 1. The Morgan fingerprint density at radius 2 is 1.82 bits per heavy atom. The predicted molar refractivity (Wildman–Crippen MR) is 131 cm³/mol. The minimum Gasteiger partial charge on any atom is -0.464 e. The monoisotopic (exact) mass is 477 g/mol. The van der Waals surface area contributed by atoms with Gasteiger partial charge in [-0.1, -0.05) is 18.2 Å². The first-order chi connectivity index (χ1) is 15.6. The van der Waals surface area contributed by atoms with E-state index in [-0.39, 0.29) is 13.0 Å². The number of rotatable bonds is 10. The number of nitrogens with one attached hydrogen (secondary N) is 2. The van der Waals surface area contributed by atoms with Crippen molar-refractivity contribution in [2.45, 2.75) is 58.2 Å². The molecule has 0 aliphatic carbocycles. The first-order valence-electron chi connectivity index (χ1n) is 11.0. The number of carbonyl (C=O) groups is 3. The molecule has 9 heteroatoms. The van der Waals surface area contributed by atoms with Gasteiger partial charge >= 0.3 is 12.1 Å². The molecule has 2 atom stereocenters. The number of ether oxygens (including phenoxy) is 2. The van der Waals surface area contributed by atoms with E-state index in [1.165, 1.54) is 0 Å². The number of aryl methyl sites for hydroxylation is 1. The van der Waals surface area contributed by atoms with Gasteiger partial charge in [0.2, 0.25) is 5.91 Å². The molecule has 0 bridgehead atoms. The lowest BCUT2D eigenvalue weighted by atomic mass is 10.0. The zero-order valence-electron chi connectivity index (χ0n) is 20.3. The molecule has 2 aromatic rings. The van der Waals surface area contributed by atoms with Crippen molar-refractivity contribution in [1.82, 2.24) is 15.2 Å². The summed E-state index contributed by atoms with van der Waals surface area (Å²) in [4.78, 5) is 38.1. The topological polar surface area (TPSA) is 98.7 Å². The maximum absolute atomic E-state index is 13.1. The molecular formula is C24H35N3O5S. The normalized spacial score (nSPS) is 13.3. The molecule has 1 aromatic heterocycles. The summed E-state index contributed by atoms with van der Waals surface area (Å²) in [5.74, 6) is -0.311. The van der Waals surface area contributed by atoms with Crippen LogP contribution in [0.2, 0.25) is 0 Å². The summed E-state index contributed by atoms with van der Waals surface area (Å²) in [6.45, 7) is 7.19. The van der Waals surface area contributed by atoms with Gasteiger partial charge in [0.15, 0.2) is 0 Å². The lowest BCUT2D eigenvalue weighted by Crippen LogP contribution is -2.53. The molecule has 1 aromatic carbocycles. The highest BCUT2D eigenvalue weighted by Gasteiger charge is 2.29. The van der Waals surface area contributed by atoms with Crippen molar-refractivity contribution in [1.29, 1.82) is 0 Å². The van der Waals surface area contributed by atoms with E-state index in [1.54, 1.807) is 39.5 Å². The number of aromatic nitrogens is 1. The molecule has 2 amide bonds. The number of para-hydroxylation sites is 1. The molecule has 0 saturated heterocycles. The van der Waals surface area contributed by atoms with Gasteiger partial charge in [0.05, 0.1) is 6.61 Å². The van der Waals surface area contributed by atoms with E-state index < -0.39 is 35.7 Å². The van der Waals surface area contributed by atoms with Crippen LogP contribution >= 0.6 is 11.8 Å².